The van der Waals surface area contributed by atoms with Gasteiger partial charge >= 0.3 is 0 Å². The van der Waals surface area contributed by atoms with Crippen LogP contribution in [0.1, 0.15) is 27.2 Å². The van der Waals surface area contributed by atoms with Crippen molar-refractivity contribution in [3.63, 3.8) is 0 Å². The number of hydrogen-bond acceptors (Lipinski definition) is 3. The van der Waals surface area contributed by atoms with Gasteiger partial charge in [0.15, 0.2) is 11.2 Å². The van der Waals surface area contributed by atoms with Crippen LogP contribution in [0.25, 0.3) is 11.0 Å². The Morgan fingerprint density at radius 1 is 0.957 bits per heavy atom. The van der Waals surface area contributed by atoms with Gasteiger partial charge in [-0.15, -0.1) is 0 Å². The van der Waals surface area contributed by atoms with Gasteiger partial charge in [0.2, 0.25) is 0 Å². The Balaban J connectivity index is 2.01. The molecule has 3 rings (SSSR count). The number of anilines is 1. The molecule has 3 aromatic rings. The second kappa shape index (κ2) is 5.72. The number of rotatable bonds is 2. The molecular weight excluding hydrogens is 290 g/mol. The molecule has 0 aliphatic rings. The number of aryl methyl sites for hydroxylation is 3. The Hall–Kier alpha value is -2.88. The SMILES string of the molecule is Cc1ccc(NC(=O)c2cc(=O)c3cc(C)cc(C)c3o2)cc1. The molecule has 0 saturated heterocycles. The van der Waals surface area contributed by atoms with Gasteiger partial charge in [-0.2, -0.15) is 0 Å². The predicted octanol–water partition coefficient (Wildman–Crippen LogP) is 3.97. The van der Waals surface area contributed by atoms with Crippen LogP contribution < -0.4 is 10.7 Å². The first-order valence-electron chi connectivity index (χ1n) is 7.37. The van der Waals surface area contributed by atoms with Gasteiger partial charge in [0.05, 0.1) is 5.39 Å². The summed E-state index contributed by atoms with van der Waals surface area (Å²) in [6.07, 6.45) is 0. The van der Waals surface area contributed by atoms with Gasteiger partial charge in [0, 0.05) is 11.8 Å². The second-order valence-corrected chi connectivity index (χ2v) is 5.75. The Morgan fingerprint density at radius 3 is 2.35 bits per heavy atom. The van der Waals surface area contributed by atoms with Crippen LogP contribution in [0.15, 0.2) is 51.7 Å². The highest BCUT2D eigenvalue weighted by Crippen LogP contribution is 2.20. The van der Waals surface area contributed by atoms with Crippen LogP contribution in [-0.2, 0) is 0 Å². The van der Waals surface area contributed by atoms with Crippen LogP contribution in [0, 0.1) is 20.8 Å². The van der Waals surface area contributed by atoms with Gasteiger partial charge < -0.3 is 9.73 Å². The minimum atomic E-state index is -0.437. The first kappa shape index (κ1) is 15.0. The third-order valence-corrected chi connectivity index (χ3v) is 3.69. The van der Waals surface area contributed by atoms with E-state index in [1.165, 1.54) is 6.07 Å². The van der Waals surface area contributed by atoms with Crippen molar-refractivity contribution in [2.24, 2.45) is 0 Å². The summed E-state index contributed by atoms with van der Waals surface area (Å²) in [7, 11) is 0. The lowest BCUT2D eigenvalue weighted by molar-refractivity contribution is 0.0997. The lowest BCUT2D eigenvalue weighted by Crippen LogP contribution is -2.15. The van der Waals surface area contributed by atoms with Crippen LogP contribution in [0.3, 0.4) is 0 Å². The summed E-state index contributed by atoms with van der Waals surface area (Å²) in [6, 6.07) is 12.4. The number of hydrogen-bond donors (Lipinski definition) is 1. The van der Waals surface area contributed by atoms with Crippen LogP contribution in [0.2, 0.25) is 0 Å². The lowest BCUT2D eigenvalue weighted by Gasteiger charge is -2.07. The molecule has 4 nitrogen and oxygen atoms in total. The summed E-state index contributed by atoms with van der Waals surface area (Å²) in [5.41, 5.74) is 3.82. The lowest BCUT2D eigenvalue weighted by atomic mass is 10.1. The summed E-state index contributed by atoms with van der Waals surface area (Å²) in [5.74, 6) is -0.428. The van der Waals surface area contributed by atoms with Crippen LogP contribution in [0.4, 0.5) is 5.69 Å². The molecule has 0 spiro atoms. The highest BCUT2D eigenvalue weighted by atomic mass is 16.3. The van der Waals surface area contributed by atoms with Gasteiger partial charge in [-0.05, 0) is 50.1 Å². The van der Waals surface area contributed by atoms with Gasteiger partial charge in [0.1, 0.15) is 5.58 Å². The Bertz CT molecular complexity index is 953. The molecule has 0 saturated carbocycles. The third-order valence-electron chi connectivity index (χ3n) is 3.69. The first-order chi connectivity index (χ1) is 10.9. The Labute approximate surface area is 133 Å². The van der Waals surface area contributed by atoms with E-state index in [0.717, 1.165) is 16.7 Å². The Kier molecular flexibility index (Phi) is 3.74. The van der Waals surface area contributed by atoms with Gasteiger partial charge in [-0.3, -0.25) is 9.59 Å². The molecular formula is C19H17NO3. The molecule has 1 amide bonds. The molecule has 0 atom stereocenters. The molecule has 1 heterocycles. The normalized spacial score (nSPS) is 10.7. The van der Waals surface area contributed by atoms with E-state index in [0.29, 0.717) is 16.7 Å². The third kappa shape index (κ3) is 3.01. The predicted molar refractivity (Wildman–Crippen MR) is 91.1 cm³/mol. The molecule has 0 radical (unpaired) electrons. The number of nitrogens with one attached hydrogen (secondary N) is 1. The zero-order chi connectivity index (χ0) is 16.6. The van der Waals surface area contributed by atoms with E-state index < -0.39 is 5.91 Å². The molecule has 0 bridgehead atoms. The highest BCUT2D eigenvalue weighted by molar-refractivity contribution is 6.03. The van der Waals surface area contributed by atoms with Gasteiger partial charge in [-0.1, -0.05) is 23.8 Å². The molecule has 0 unspecified atom stereocenters. The molecule has 0 aliphatic heterocycles. The fourth-order valence-electron chi connectivity index (χ4n) is 2.55. The van der Waals surface area contributed by atoms with Crippen molar-refractivity contribution in [2.45, 2.75) is 20.8 Å². The van der Waals surface area contributed by atoms with Crippen LogP contribution in [0.5, 0.6) is 0 Å². The van der Waals surface area contributed by atoms with Crippen molar-refractivity contribution in [1.82, 2.24) is 0 Å². The maximum Gasteiger partial charge on any atom is 0.291 e. The van der Waals surface area contributed by atoms with Crippen molar-refractivity contribution < 1.29 is 9.21 Å². The molecule has 1 aromatic heterocycles. The van der Waals surface area contributed by atoms with Gasteiger partial charge in [0.25, 0.3) is 5.91 Å². The zero-order valence-electron chi connectivity index (χ0n) is 13.3. The van der Waals surface area contributed by atoms with Crippen molar-refractivity contribution >= 4 is 22.6 Å². The van der Waals surface area contributed by atoms with Crippen LogP contribution >= 0.6 is 0 Å². The minimum Gasteiger partial charge on any atom is -0.450 e. The average Bonchev–Trinajstić information content (AvgIpc) is 2.50. The molecule has 4 heteroatoms. The van der Waals surface area contributed by atoms with E-state index in [1.807, 2.05) is 39.0 Å². The smallest absolute Gasteiger partial charge is 0.291 e. The summed E-state index contributed by atoms with van der Waals surface area (Å²) in [6.45, 7) is 5.75. The number of carbonyl (C=O) groups is 1. The standard InChI is InChI=1S/C19H17NO3/c1-11-4-6-14(7-5-11)20-19(22)17-10-16(21)15-9-12(2)8-13(3)18(15)23-17/h4-10H,1-3H3,(H,20,22). The van der Waals surface area contributed by atoms with Crippen molar-refractivity contribution in [1.29, 1.82) is 0 Å². The summed E-state index contributed by atoms with van der Waals surface area (Å²) < 4.78 is 5.67. The maximum atomic E-state index is 12.3. The van der Waals surface area contributed by atoms with E-state index in [9.17, 15) is 9.59 Å². The van der Waals surface area contributed by atoms with Crippen molar-refractivity contribution in [3.05, 3.63) is 75.1 Å². The molecule has 116 valence electrons. The summed E-state index contributed by atoms with van der Waals surface area (Å²) in [4.78, 5) is 24.6. The molecule has 0 fully saturated rings. The highest BCUT2D eigenvalue weighted by Gasteiger charge is 2.14. The fourth-order valence-corrected chi connectivity index (χ4v) is 2.55. The van der Waals surface area contributed by atoms with Crippen molar-refractivity contribution in [2.75, 3.05) is 5.32 Å². The fraction of sp³-hybridized carbons (Fsp3) is 0.158. The summed E-state index contributed by atoms with van der Waals surface area (Å²) in [5, 5.41) is 3.23. The molecule has 0 aliphatic carbocycles. The topological polar surface area (TPSA) is 59.3 Å². The number of benzene rings is 2. The second-order valence-electron chi connectivity index (χ2n) is 5.75. The summed E-state index contributed by atoms with van der Waals surface area (Å²) >= 11 is 0. The number of amides is 1. The van der Waals surface area contributed by atoms with E-state index in [4.69, 9.17) is 4.42 Å². The van der Waals surface area contributed by atoms with E-state index in [-0.39, 0.29) is 11.2 Å². The average molecular weight is 307 g/mol. The van der Waals surface area contributed by atoms with Crippen molar-refractivity contribution in [3.8, 4) is 0 Å². The quantitative estimate of drug-likeness (QED) is 0.779. The monoisotopic (exact) mass is 307 g/mol. The molecule has 1 N–H and O–H groups in total. The van der Waals surface area contributed by atoms with Gasteiger partial charge in [-0.25, -0.2) is 0 Å². The Morgan fingerprint density at radius 2 is 1.65 bits per heavy atom. The molecule has 23 heavy (non-hydrogen) atoms. The zero-order valence-corrected chi connectivity index (χ0v) is 13.3. The molecule has 2 aromatic carbocycles. The van der Waals surface area contributed by atoms with E-state index in [1.54, 1.807) is 18.2 Å². The van der Waals surface area contributed by atoms with Crippen LogP contribution in [-0.4, -0.2) is 5.91 Å². The largest absolute Gasteiger partial charge is 0.450 e. The minimum absolute atomic E-state index is 0.00929. The number of carbonyl (C=O) groups excluding carboxylic acids is 1. The number of fused-ring (bicyclic) bond motifs is 1. The van der Waals surface area contributed by atoms with E-state index >= 15 is 0 Å². The maximum absolute atomic E-state index is 12.3. The first-order valence-corrected chi connectivity index (χ1v) is 7.37. The van der Waals surface area contributed by atoms with E-state index in [2.05, 4.69) is 5.32 Å².